The second-order valence-electron chi connectivity index (χ2n) is 6.09. The van der Waals surface area contributed by atoms with Gasteiger partial charge in [-0.15, -0.1) is 0 Å². The van der Waals surface area contributed by atoms with E-state index in [0.29, 0.717) is 16.6 Å². The van der Waals surface area contributed by atoms with Gasteiger partial charge in [0, 0.05) is 23.1 Å². The van der Waals surface area contributed by atoms with Gasteiger partial charge in [-0.1, -0.05) is 0 Å². The highest BCUT2D eigenvalue weighted by atomic mass is 32.2. The monoisotopic (exact) mass is 287 g/mol. The van der Waals surface area contributed by atoms with Gasteiger partial charge in [-0.2, -0.15) is 11.8 Å². The van der Waals surface area contributed by atoms with E-state index in [4.69, 9.17) is 4.74 Å². The van der Waals surface area contributed by atoms with Gasteiger partial charge in [0.2, 0.25) is 0 Å². The number of aliphatic carboxylic acids is 1. The smallest absolute Gasteiger partial charge is 0.323 e. The molecule has 1 saturated heterocycles. The first-order chi connectivity index (χ1) is 8.93. The maximum absolute atomic E-state index is 11.6. The Balaban J connectivity index is 1.94. The maximum atomic E-state index is 11.6. The summed E-state index contributed by atoms with van der Waals surface area (Å²) in [6.07, 6.45) is 3.86. The Hall–Kier alpha value is -0.260. The number of carboxylic acid groups (broad SMARTS) is 1. The fourth-order valence-corrected chi connectivity index (χ4v) is 4.86. The molecule has 110 valence electrons. The quantitative estimate of drug-likeness (QED) is 0.812. The molecule has 0 bridgehead atoms. The summed E-state index contributed by atoms with van der Waals surface area (Å²) in [5.74, 6) is -0.694. The Bertz CT molecular complexity index is 337. The van der Waals surface area contributed by atoms with Crippen LogP contribution in [0.3, 0.4) is 0 Å². The van der Waals surface area contributed by atoms with Crippen LogP contribution >= 0.6 is 11.8 Å². The summed E-state index contributed by atoms with van der Waals surface area (Å²) >= 11 is 1.94. The molecule has 0 aromatic carbocycles. The largest absolute Gasteiger partial charge is 0.480 e. The van der Waals surface area contributed by atoms with Crippen molar-refractivity contribution < 1.29 is 14.6 Å². The Morgan fingerprint density at radius 3 is 2.74 bits per heavy atom. The predicted octanol–water partition coefficient (Wildman–Crippen LogP) is 2.27. The van der Waals surface area contributed by atoms with E-state index < -0.39 is 11.5 Å². The van der Waals surface area contributed by atoms with E-state index in [0.717, 1.165) is 32.3 Å². The van der Waals surface area contributed by atoms with Crippen LogP contribution in [-0.2, 0) is 9.53 Å². The molecule has 0 amide bonds. The van der Waals surface area contributed by atoms with Gasteiger partial charge in [0.05, 0.1) is 6.10 Å². The SMILES string of the molecule is CC(C)NC1(C(=O)O)CCC(SC2CCOC2C)C1. The van der Waals surface area contributed by atoms with E-state index >= 15 is 0 Å². The van der Waals surface area contributed by atoms with Crippen molar-refractivity contribution >= 4 is 17.7 Å². The molecule has 4 unspecified atom stereocenters. The number of carboxylic acids is 1. The minimum absolute atomic E-state index is 0.202. The van der Waals surface area contributed by atoms with Crippen LogP contribution in [-0.4, -0.2) is 45.9 Å². The Labute approximate surface area is 119 Å². The fourth-order valence-electron chi connectivity index (χ4n) is 3.19. The normalized spacial score (nSPS) is 39.1. The van der Waals surface area contributed by atoms with E-state index in [2.05, 4.69) is 12.2 Å². The fraction of sp³-hybridized carbons (Fsp3) is 0.929. The first kappa shape index (κ1) is 15.1. The molecule has 2 rings (SSSR count). The molecule has 19 heavy (non-hydrogen) atoms. The first-order valence-corrected chi connectivity index (χ1v) is 8.15. The summed E-state index contributed by atoms with van der Waals surface area (Å²) < 4.78 is 5.59. The van der Waals surface area contributed by atoms with E-state index in [-0.39, 0.29) is 6.04 Å². The molecule has 0 spiro atoms. The molecule has 4 nitrogen and oxygen atoms in total. The van der Waals surface area contributed by atoms with Crippen LogP contribution in [0.5, 0.6) is 0 Å². The second-order valence-corrected chi connectivity index (χ2v) is 7.63. The number of nitrogens with one attached hydrogen (secondary N) is 1. The van der Waals surface area contributed by atoms with Gasteiger partial charge in [-0.3, -0.25) is 10.1 Å². The molecule has 2 N–H and O–H groups in total. The lowest BCUT2D eigenvalue weighted by molar-refractivity contribution is -0.145. The third-order valence-corrected chi connectivity index (χ3v) is 5.87. The zero-order valence-electron chi connectivity index (χ0n) is 12.0. The molecule has 1 saturated carbocycles. The Morgan fingerprint density at radius 1 is 1.47 bits per heavy atom. The third-order valence-electron chi connectivity index (χ3n) is 4.12. The third kappa shape index (κ3) is 3.44. The van der Waals surface area contributed by atoms with E-state index in [9.17, 15) is 9.90 Å². The van der Waals surface area contributed by atoms with Crippen LogP contribution in [0.15, 0.2) is 0 Å². The molecule has 1 aliphatic heterocycles. The van der Waals surface area contributed by atoms with E-state index in [1.807, 2.05) is 25.6 Å². The van der Waals surface area contributed by atoms with Crippen molar-refractivity contribution in [2.45, 2.75) is 74.6 Å². The Morgan fingerprint density at radius 2 is 2.21 bits per heavy atom. The van der Waals surface area contributed by atoms with Crippen molar-refractivity contribution in [1.29, 1.82) is 0 Å². The van der Waals surface area contributed by atoms with Crippen molar-refractivity contribution in [2.24, 2.45) is 0 Å². The van der Waals surface area contributed by atoms with E-state index in [1.54, 1.807) is 0 Å². The van der Waals surface area contributed by atoms with Crippen molar-refractivity contribution in [3.05, 3.63) is 0 Å². The van der Waals surface area contributed by atoms with Crippen LogP contribution in [0, 0.1) is 0 Å². The van der Waals surface area contributed by atoms with Crippen LogP contribution in [0.2, 0.25) is 0 Å². The van der Waals surface area contributed by atoms with Crippen molar-refractivity contribution in [3.63, 3.8) is 0 Å². The lowest BCUT2D eigenvalue weighted by Gasteiger charge is -2.28. The van der Waals surface area contributed by atoms with Crippen LogP contribution in [0.1, 0.15) is 46.5 Å². The number of thioether (sulfide) groups is 1. The number of rotatable bonds is 5. The zero-order valence-corrected chi connectivity index (χ0v) is 12.8. The average molecular weight is 287 g/mol. The molecule has 0 aromatic rings. The highest BCUT2D eigenvalue weighted by molar-refractivity contribution is 8.00. The van der Waals surface area contributed by atoms with Gasteiger partial charge in [0.25, 0.3) is 0 Å². The van der Waals surface area contributed by atoms with Crippen molar-refractivity contribution in [1.82, 2.24) is 5.32 Å². The highest BCUT2D eigenvalue weighted by Gasteiger charge is 2.46. The molecule has 4 atom stereocenters. The number of ether oxygens (including phenoxy) is 1. The van der Waals surface area contributed by atoms with E-state index in [1.165, 1.54) is 0 Å². The van der Waals surface area contributed by atoms with Gasteiger partial charge in [0.15, 0.2) is 0 Å². The number of hydrogen-bond acceptors (Lipinski definition) is 4. The number of carbonyl (C=O) groups is 1. The predicted molar refractivity (Wildman–Crippen MR) is 77.7 cm³/mol. The lowest BCUT2D eigenvalue weighted by atomic mass is 9.97. The van der Waals surface area contributed by atoms with Gasteiger partial charge in [-0.25, -0.2) is 0 Å². The summed E-state index contributed by atoms with van der Waals surface area (Å²) in [5.41, 5.74) is -0.714. The summed E-state index contributed by atoms with van der Waals surface area (Å²) in [4.78, 5) is 11.6. The molecule has 2 fully saturated rings. The minimum atomic E-state index is -0.714. The van der Waals surface area contributed by atoms with Gasteiger partial charge >= 0.3 is 5.97 Å². The van der Waals surface area contributed by atoms with Gasteiger partial charge in [-0.05, 0) is 46.5 Å². The Kier molecular flexibility index (Phi) is 4.79. The molecular weight excluding hydrogens is 262 g/mol. The average Bonchev–Trinajstić information content (AvgIpc) is 2.88. The van der Waals surface area contributed by atoms with Crippen LogP contribution in [0.25, 0.3) is 0 Å². The maximum Gasteiger partial charge on any atom is 0.323 e. The van der Waals surface area contributed by atoms with Crippen molar-refractivity contribution in [2.75, 3.05) is 6.61 Å². The van der Waals surface area contributed by atoms with Crippen LogP contribution in [0.4, 0.5) is 0 Å². The first-order valence-electron chi connectivity index (χ1n) is 7.21. The highest BCUT2D eigenvalue weighted by Crippen LogP contribution is 2.42. The summed E-state index contributed by atoms with van der Waals surface area (Å²) in [6.45, 7) is 6.99. The minimum Gasteiger partial charge on any atom is -0.480 e. The molecule has 5 heteroatoms. The molecule has 0 radical (unpaired) electrons. The summed E-state index contributed by atoms with van der Waals surface area (Å²) in [6, 6.07) is 0.202. The van der Waals surface area contributed by atoms with Crippen molar-refractivity contribution in [3.8, 4) is 0 Å². The van der Waals surface area contributed by atoms with Gasteiger partial charge in [0.1, 0.15) is 5.54 Å². The lowest BCUT2D eigenvalue weighted by Crippen LogP contribution is -2.53. The standard InChI is InChI=1S/C14H25NO3S/c1-9(2)15-14(13(16)17)6-4-11(8-14)19-12-5-7-18-10(12)3/h9-12,15H,4-8H2,1-3H3,(H,16,17). The van der Waals surface area contributed by atoms with Crippen LogP contribution < -0.4 is 5.32 Å². The second kappa shape index (κ2) is 6.02. The topological polar surface area (TPSA) is 58.6 Å². The summed E-state index contributed by atoms with van der Waals surface area (Å²) in [5, 5.41) is 13.8. The molecule has 1 heterocycles. The van der Waals surface area contributed by atoms with Gasteiger partial charge < -0.3 is 9.84 Å². The number of hydrogen-bond donors (Lipinski definition) is 2. The zero-order chi connectivity index (χ0) is 14.0. The molecule has 1 aliphatic carbocycles. The molecule has 0 aromatic heterocycles. The molecule has 2 aliphatic rings. The summed E-state index contributed by atoms with van der Waals surface area (Å²) in [7, 11) is 0. The molecular formula is C14H25NO3S.